The third kappa shape index (κ3) is 4.65. The SMILES string of the molecule is CC(NC(=O)CN(C)C(C)(C)CO)c1ccccc1. The number of likely N-dealkylation sites (N-methyl/N-ethyl adjacent to an activating group) is 1. The highest BCUT2D eigenvalue weighted by atomic mass is 16.3. The number of aliphatic hydroxyl groups excluding tert-OH is 1. The molecule has 0 saturated heterocycles. The smallest absolute Gasteiger partial charge is 0.234 e. The Morgan fingerprint density at radius 1 is 1.37 bits per heavy atom. The molecule has 0 aliphatic carbocycles. The fourth-order valence-electron chi connectivity index (χ4n) is 1.66. The molecule has 0 aliphatic rings. The fraction of sp³-hybridized carbons (Fsp3) is 0.533. The number of hydrogen-bond acceptors (Lipinski definition) is 3. The van der Waals surface area contributed by atoms with Crippen LogP contribution in [-0.4, -0.2) is 41.7 Å². The molecule has 0 saturated carbocycles. The number of aliphatic hydroxyl groups is 1. The first kappa shape index (κ1) is 15.7. The van der Waals surface area contributed by atoms with E-state index in [9.17, 15) is 9.90 Å². The molecule has 4 heteroatoms. The van der Waals surface area contributed by atoms with Crippen molar-refractivity contribution in [1.82, 2.24) is 10.2 Å². The second kappa shape index (κ2) is 6.68. The van der Waals surface area contributed by atoms with E-state index in [0.29, 0.717) is 0 Å². The maximum absolute atomic E-state index is 12.0. The number of hydrogen-bond donors (Lipinski definition) is 2. The zero-order chi connectivity index (χ0) is 14.5. The third-order valence-corrected chi connectivity index (χ3v) is 3.48. The van der Waals surface area contributed by atoms with Crippen molar-refractivity contribution in [2.24, 2.45) is 0 Å². The van der Waals surface area contributed by atoms with Gasteiger partial charge in [0.2, 0.25) is 5.91 Å². The molecule has 0 radical (unpaired) electrons. The third-order valence-electron chi connectivity index (χ3n) is 3.48. The summed E-state index contributed by atoms with van der Waals surface area (Å²) in [6.07, 6.45) is 0. The molecule has 0 heterocycles. The van der Waals surface area contributed by atoms with Crippen molar-refractivity contribution in [2.75, 3.05) is 20.2 Å². The second-order valence-electron chi connectivity index (χ2n) is 5.53. The van der Waals surface area contributed by atoms with Crippen LogP contribution in [0.1, 0.15) is 32.4 Å². The van der Waals surface area contributed by atoms with Gasteiger partial charge in [-0.15, -0.1) is 0 Å². The molecule has 4 nitrogen and oxygen atoms in total. The van der Waals surface area contributed by atoms with Gasteiger partial charge in [0.15, 0.2) is 0 Å². The van der Waals surface area contributed by atoms with Crippen LogP contribution in [0.5, 0.6) is 0 Å². The Balaban J connectivity index is 2.52. The number of carbonyl (C=O) groups is 1. The van der Waals surface area contributed by atoms with Gasteiger partial charge in [0.05, 0.1) is 19.2 Å². The van der Waals surface area contributed by atoms with Crippen LogP contribution in [0.2, 0.25) is 0 Å². The summed E-state index contributed by atoms with van der Waals surface area (Å²) in [6.45, 7) is 6.06. The van der Waals surface area contributed by atoms with Crippen LogP contribution in [0.4, 0.5) is 0 Å². The minimum absolute atomic E-state index is 0.0145. The van der Waals surface area contributed by atoms with Crippen molar-refractivity contribution < 1.29 is 9.90 Å². The standard InChI is InChI=1S/C15H24N2O2/c1-12(13-8-6-5-7-9-13)16-14(19)10-17(4)15(2,3)11-18/h5-9,12,18H,10-11H2,1-4H3,(H,16,19). The van der Waals surface area contributed by atoms with Gasteiger partial charge in [0, 0.05) is 5.54 Å². The van der Waals surface area contributed by atoms with Crippen molar-refractivity contribution in [3.63, 3.8) is 0 Å². The van der Waals surface area contributed by atoms with E-state index in [2.05, 4.69) is 5.32 Å². The summed E-state index contributed by atoms with van der Waals surface area (Å²) >= 11 is 0. The van der Waals surface area contributed by atoms with Gasteiger partial charge in [0.25, 0.3) is 0 Å². The molecule has 0 bridgehead atoms. The summed E-state index contributed by atoms with van der Waals surface area (Å²) in [5.74, 6) is -0.0413. The minimum Gasteiger partial charge on any atom is -0.394 e. The zero-order valence-electron chi connectivity index (χ0n) is 12.2. The van der Waals surface area contributed by atoms with Crippen LogP contribution in [0.15, 0.2) is 30.3 Å². The Morgan fingerprint density at radius 3 is 2.47 bits per heavy atom. The van der Waals surface area contributed by atoms with Gasteiger partial charge in [-0.25, -0.2) is 0 Å². The predicted octanol–water partition coefficient (Wildman–Crippen LogP) is 1.57. The van der Waals surface area contributed by atoms with Gasteiger partial charge in [-0.1, -0.05) is 30.3 Å². The highest BCUT2D eigenvalue weighted by Crippen LogP contribution is 2.13. The van der Waals surface area contributed by atoms with E-state index in [1.807, 2.05) is 63.1 Å². The van der Waals surface area contributed by atoms with Gasteiger partial charge >= 0.3 is 0 Å². The molecular formula is C15H24N2O2. The molecule has 1 amide bonds. The van der Waals surface area contributed by atoms with E-state index in [-0.39, 0.29) is 25.1 Å². The maximum atomic E-state index is 12.0. The molecule has 106 valence electrons. The fourth-order valence-corrected chi connectivity index (χ4v) is 1.66. The van der Waals surface area contributed by atoms with Gasteiger partial charge in [-0.05, 0) is 33.4 Å². The van der Waals surface area contributed by atoms with Crippen LogP contribution < -0.4 is 5.32 Å². The zero-order valence-corrected chi connectivity index (χ0v) is 12.2. The van der Waals surface area contributed by atoms with Gasteiger partial charge in [-0.3, -0.25) is 9.69 Å². The molecule has 1 atom stereocenters. The molecule has 0 aliphatic heterocycles. The molecule has 1 aromatic rings. The summed E-state index contributed by atoms with van der Waals surface area (Å²) in [6, 6.07) is 9.84. The van der Waals surface area contributed by atoms with E-state index >= 15 is 0 Å². The quantitative estimate of drug-likeness (QED) is 0.820. The first-order valence-corrected chi connectivity index (χ1v) is 6.53. The molecule has 1 rings (SSSR count). The first-order chi connectivity index (χ1) is 8.86. The number of carbonyl (C=O) groups excluding carboxylic acids is 1. The van der Waals surface area contributed by atoms with E-state index in [1.54, 1.807) is 0 Å². The van der Waals surface area contributed by atoms with Crippen molar-refractivity contribution >= 4 is 5.91 Å². The van der Waals surface area contributed by atoms with E-state index in [4.69, 9.17) is 0 Å². The molecule has 1 unspecified atom stereocenters. The molecular weight excluding hydrogens is 240 g/mol. The molecule has 0 spiro atoms. The van der Waals surface area contributed by atoms with Crippen LogP contribution >= 0.6 is 0 Å². The summed E-state index contributed by atoms with van der Waals surface area (Å²) < 4.78 is 0. The van der Waals surface area contributed by atoms with Gasteiger partial charge in [-0.2, -0.15) is 0 Å². The van der Waals surface area contributed by atoms with Crippen LogP contribution in [0.3, 0.4) is 0 Å². The summed E-state index contributed by atoms with van der Waals surface area (Å²) in [7, 11) is 1.84. The van der Waals surface area contributed by atoms with E-state index in [1.165, 1.54) is 0 Å². The monoisotopic (exact) mass is 264 g/mol. The predicted molar refractivity (Wildman–Crippen MR) is 76.8 cm³/mol. The van der Waals surface area contributed by atoms with Crippen molar-refractivity contribution in [3.05, 3.63) is 35.9 Å². The average molecular weight is 264 g/mol. The summed E-state index contributed by atoms with van der Waals surface area (Å²) in [5.41, 5.74) is 0.688. The van der Waals surface area contributed by atoms with Gasteiger partial charge < -0.3 is 10.4 Å². The minimum atomic E-state index is -0.396. The number of nitrogens with one attached hydrogen (secondary N) is 1. The lowest BCUT2D eigenvalue weighted by Gasteiger charge is -2.33. The number of amides is 1. The number of benzene rings is 1. The number of nitrogens with zero attached hydrogens (tertiary/aromatic N) is 1. The lowest BCUT2D eigenvalue weighted by atomic mass is 10.1. The first-order valence-electron chi connectivity index (χ1n) is 6.53. The lowest BCUT2D eigenvalue weighted by molar-refractivity contribution is -0.124. The van der Waals surface area contributed by atoms with E-state index < -0.39 is 5.54 Å². The Hall–Kier alpha value is -1.39. The Morgan fingerprint density at radius 2 is 1.95 bits per heavy atom. The Kier molecular flexibility index (Phi) is 5.51. The summed E-state index contributed by atoms with van der Waals surface area (Å²) in [4.78, 5) is 13.8. The van der Waals surface area contributed by atoms with Crippen molar-refractivity contribution in [1.29, 1.82) is 0 Å². The average Bonchev–Trinajstić information content (AvgIpc) is 2.39. The highest BCUT2D eigenvalue weighted by molar-refractivity contribution is 5.78. The molecule has 1 aromatic carbocycles. The lowest BCUT2D eigenvalue weighted by Crippen LogP contribution is -2.49. The van der Waals surface area contributed by atoms with Crippen LogP contribution in [0.25, 0.3) is 0 Å². The molecule has 19 heavy (non-hydrogen) atoms. The largest absolute Gasteiger partial charge is 0.394 e. The number of rotatable bonds is 6. The van der Waals surface area contributed by atoms with Crippen molar-refractivity contribution in [3.8, 4) is 0 Å². The highest BCUT2D eigenvalue weighted by Gasteiger charge is 2.24. The van der Waals surface area contributed by atoms with Crippen molar-refractivity contribution in [2.45, 2.75) is 32.4 Å². The molecule has 0 aromatic heterocycles. The molecule has 0 fully saturated rings. The molecule has 2 N–H and O–H groups in total. The van der Waals surface area contributed by atoms with E-state index in [0.717, 1.165) is 5.56 Å². The van der Waals surface area contributed by atoms with Crippen LogP contribution in [-0.2, 0) is 4.79 Å². The normalized spacial score (nSPS) is 13.4. The Labute approximate surface area is 115 Å². The summed E-state index contributed by atoms with van der Waals surface area (Å²) in [5, 5.41) is 12.2. The Bertz CT molecular complexity index is 404. The topological polar surface area (TPSA) is 52.6 Å². The van der Waals surface area contributed by atoms with Gasteiger partial charge in [0.1, 0.15) is 0 Å². The second-order valence-corrected chi connectivity index (χ2v) is 5.53. The maximum Gasteiger partial charge on any atom is 0.234 e. The van der Waals surface area contributed by atoms with Crippen LogP contribution in [0, 0.1) is 0 Å².